The molecule has 1 fully saturated rings. The van der Waals surface area contributed by atoms with Crippen molar-refractivity contribution in [3.63, 3.8) is 0 Å². The van der Waals surface area contributed by atoms with Gasteiger partial charge in [0.15, 0.2) is 5.65 Å². The number of rotatable bonds is 4. The molecule has 7 heteroatoms. The van der Waals surface area contributed by atoms with Crippen molar-refractivity contribution in [1.29, 1.82) is 0 Å². The maximum atomic E-state index is 14.0. The summed E-state index contributed by atoms with van der Waals surface area (Å²) in [5.41, 5.74) is 5.79. The molecule has 0 radical (unpaired) electrons. The highest BCUT2D eigenvalue weighted by molar-refractivity contribution is 6.07. The van der Waals surface area contributed by atoms with Crippen molar-refractivity contribution in [2.45, 2.75) is 32.7 Å². The first-order valence-electron chi connectivity index (χ1n) is 11.7. The number of aryl methyl sites for hydroxylation is 1. The van der Waals surface area contributed by atoms with Crippen LogP contribution < -0.4 is 5.32 Å². The lowest BCUT2D eigenvalue weighted by molar-refractivity contribution is 0.0636. The Balaban J connectivity index is 1.57. The van der Waals surface area contributed by atoms with Gasteiger partial charge in [0, 0.05) is 30.9 Å². The first-order chi connectivity index (χ1) is 16.4. The highest BCUT2D eigenvalue weighted by Crippen LogP contribution is 2.31. The van der Waals surface area contributed by atoms with E-state index >= 15 is 0 Å². The minimum atomic E-state index is -0.0602. The van der Waals surface area contributed by atoms with Crippen molar-refractivity contribution in [1.82, 2.24) is 25.4 Å². The van der Waals surface area contributed by atoms with Crippen LogP contribution in [0.2, 0.25) is 0 Å². The molecule has 34 heavy (non-hydrogen) atoms. The highest BCUT2D eigenvalue weighted by atomic mass is 16.3. The number of amides is 1. The molecule has 1 aliphatic rings. The second-order valence-electron chi connectivity index (χ2n) is 9.19. The lowest BCUT2D eigenvalue weighted by Gasteiger charge is -2.37. The van der Waals surface area contributed by atoms with E-state index in [1.165, 1.54) is 5.56 Å². The van der Waals surface area contributed by atoms with Gasteiger partial charge in [-0.1, -0.05) is 38.1 Å². The van der Waals surface area contributed by atoms with Gasteiger partial charge in [-0.05, 0) is 54.3 Å². The standard InChI is InChI=1S/C27H29N5O2/c1-16(2)18-4-6-20(7-5-18)24-15-28-12-13-32(24)27(34)22-14-23(19-8-10-21(33)11-9-19)29-26-25(22)17(3)30-31-26/h4-11,14,16,24,28,33H,12-13,15H2,1-3H3,(H,29,30,31). The number of phenols is 1. The largest absolute Gasteiger partial charge is 0.508 e. The van der Waals surface area contributed by atoms with E-state index in [4.69, 9.17) is 0 Å². The molecule has 1 unspecified atom stereocenters. The number of piperazine rings is 1. The summed E-state index contributed by atoms with van der Waals surface area (Å²) >= 11 is 0. The van der Waals surface area contributed by atoms with Crippen LogP contribution in [0.5, 0.6) is 5.75 Å². The Hall–Kier alpha value is -3.71. The zero-order valence-electron chi connectivity index (χ0n) is 19.7. The minimum Gasteiger partial charge on any atom is -0.508 e. The van der Waals surface area contributed by atoms with Gasteiger partial charge in [0.2, 0.25) is 0 Å². The molecular formula is C27H29N5O2. The lowest BCUT2D eigenvalue weighted by atomic mass is 9.96. The zero-order valence-corrected chi connectivity index (χ0v) is 19.7. The highest BCUT2D eigenvalue weighted by Gasteiger charge is 2.31. The van der Waals surface area contributed by atoms with Crippen LogP contribution in [0.3, 0.4) is 0 Å². The van der Waals surface area contributed by atoms with Crippen LogP contribution in [0.25, 0.3) is 22.3 Å². The van der Waals surface area contributed by atoms with Gasteiger partial charge < -0.3 is 15.3 Å². The fraction of sp³-hybridized carbons (Fsp3) is 0.296. The molecule has 3 heterocycles. The van der Waals surface area contributed by atoms with Crippen molar-refractivity contribution >= 4 is 16.9 Å². The van der Waals surface area contributed by atoms with Gasteiger partial charge in [0.25, 0.3) is 5.91 Å². The van der Waals surface area contributed by atoms with E-state index < -0.39 is 0 Å². The summed E-state index contributed by atoms with van der Waals surface area (Å²) in [6, 6.07) is 17.2. The number of nitrogens with one attached hydrogen (secondary N) is 2. The van der Waals surface area contributed by atoms with Crippen LogP contribution in [0, 0.1) is 6.92 Å². The summed E-state index contributed by atoms with van der Waals surface area (Å²) in [4.78, 5) is 20.7. The average molecular weight is 456 g/mol. The van der Waals surface area contributed by atoms with E-state index in [0.29, 0.717) is 35.9 Å². The molecular weight excluding hydrogens is 426 g/mol. The topological polar surface area (TPSA) is 94.1 Å². The Morgan fingerprint density at radius 1 is 1.12 bits per heavy atom. The molecule has 2 aromatic heterocycles. The summed E-state index contributed by atoms with van der Waals surface area (Å²) in [7, 11) is 0. The fourth-order valence-corrected chi connectivity index (χ4v) is 4.63. The molecule has 7 nitrogen and oxygen atoms in total. The first-order valence-corrected chi connectivity index (χ1v) is 11.7. The van der Waals surface area contributed by atoms with Crippen LogP contribution in [-0.4, -0.2) is 50.7 Å². The summed E-state index contributed by atoms with van der Waals surface area (Å²) in [6.45, 7) is 8.34. The predicted molar refractivity (Wildman–Crippen MR) is 133 cm³/mol. The van der Waals surface area contributed by atoms with E-state index in [9.17, 15) is 9.90 Å². The third kappa shape index (κ3) is 4.03. The summed E-state index contributed by atoms with van der Waals surface area (Å²) in [5, 5.41) is 21.2. The second kappa shape index (κ2) is 8.91. The summed E-state index contributed by atoms with van der Waals surface area (Å²) in [6.07, 6.45) is 0. The molecule has 1 amide bonds. The lowest BCUT2D eigenvalue weighted by Crippen LogP contribution is -2.48. The molecule has 0 saturated carbocycles. The monoisotopic (exact) mass is 455 g/mol. The number of carbonyl (C=O) groups excluding carboxylic acids is 1. The van der Waals surface area contributed by atoms with Gasteiger partial charge in [-0.25, -0.2) is 4.98 Å². The Morgan fingerprint density at radius 2 is 1.85 bits per heavy atom. The molecule has 1 aliphatic heterocycles. The van der Waals surface area contributed by atoms with Gasteiger partial charge in [0.05, 0.1) is 22.7 Å². The Morgan fingerprint density at radius 3 is 2.56 bits per heavy atom. The number of phenolic OH excluding ortho intramolecular Hbond substituents is 1. The van der Waals surface area contributed by atoms with E-state index in [-0.39, 0.29) is 17.7 Å². The van der Waals surface area contributed by atoms with Crippen molar-refractivity contribution in [3.8, 4) is 17.0 Å². The Kier molecular flexibility index (Phi) is 5.79. The van der Waals surface area contributed by atoms with Crippen LogP contribution in [0.1, 0.15) is 53.0 Å². The molecule has 5 rings (SSSR count). The van der Waals surface area contributed by atoms with Gasteiger partial charge in [-0.15, -0.1) is 0 Å². The quantitative estimate of drug-likeness (QED) is 0.420. The van der Waals surface area contributed by atoms with Crippen molar-refractivity contribution < 1.29 is 9.90 Å². The molecule has 0 spiro atoms. The Labute approximate surface area is 198 Å². The molecule has 2 aromatic carbocycles. The van der Waals surface area contributed by atoms with Crippen LogP contribution in [0.4, 0.5) is 0 Å². The number of aromatic amines is 1. The predicted octanol–water partition coefficient (Wildman–Crippen LogP) is 4.55. The second-order valence-corrected chi connectivity index (χ2v) is 9.19. The molecule has 3 N–H and O–H groups in total. The number of aromatic nitrogens is 3. The van der Waals surface area contributed by atoms with Crippen LogP contribution in [-0.2, 0) is 0 Å². The number of hydrogen-bond acceptors (Lipinski definition) is 5. The van der Waals surface area contributed by atoms with E-state index in [2.05, 4.69) is 58.6 Å². The van der Waals surface area contributed by atoms with E-state index in [0.717, 1.165) is 28.8 Å². The number of pyridine rings is 1. The minimum absolute atomic E-state index is 0.0311. The van der Waals surface area contributed by atoms with Crippen LogP contribution >= 0.6 is 0 Å². The summed E-state index contributed by atoms with van der Waals surface area (Å²) in [5.74, 6) is 0.615. The third-order valence-corrected chi connectivity index (χ3v) is 6.59. The normalized spacial score (nSPS) is 16.4. The number of carbonyl (C=O) groups is 1. The molecule has 174 valence electrons. The van der Waals surface area contributed by atoms with Gasteiger partial charge >= 0.3 is 0 Å². The van der Waals surface area contributed by atoms with Crippen LogP contribution in [0.15, 0.2) is 54.6 Å². The van der Waals surface area contributed by atoms with Gasteiger partial charge in [-0.3, -0.25) is 9.89 Å². The molecule has 1 saturated heterocycles. The smallest absolute Gasteiger partial charge is 0.255 e. The number of nitrogens with zero attached hydrogens (tertiary/aromatic N) is 3. The van der Waals surface area contributed by atoms with E-state index in [1.807, 2.05) is 17.9 Å². The molecule has 4 aromatic rings. The number of benzene rings is 2. The first kappa shape index (κ1) is 22.1. The average Bonchev–Trinajstić information content (AvgIpc) is 3.24. The summed E-state index contributed by atoms with van der Waals surface area (Å²) < 4.78 is 0. The fourth-order valence-electron chi connectivity index (χ4n) is 4.63. The maximum Gasteiger partial charge on any atom is 0.255 e. The van der Waals surface area contributed by atoms with Gasteiger partial charge in [0.1, 0.15) is 5.75 Å². The van der Waals surface area contributed by atoms with Crippen molar-refractivity contribution in [2.75, 3.05) is 19.6 Å². The van der Waals surface area contributed by atoms with Crippen molar-refractivity contribution in [3.05, 3.63) is 77.0 Å². The SMILES string of the molecule is Cc1[nH]nc2nc(-c3ccc(O)cc3)cc(C(=O)N3CCNCC3c3ccc(C(C)C)cc3)c12. The molecule has 1 atom stereocenters. The van der Waals surface area contributed by atoms with Gasteiger partial charge in [-0.2, -0.15) is 5.10 Å². The molecule has 0 bridgehead atoms. The number of hydrogen-bond donors (Lipinski definition) is 3. The number of aromatic hydroxyl groups is 1. The number of H-pyrrole nitrogens is 1. The van der Waals surface area contributed by atoms with Crippen molar-refractivity contribution in [2.24, 2.45) is 0 Å². The molecule has 0 aliphatic carbocycles. The maximum absolute atomic E-state index is 14.0. The third-order valence-electron chi connectivity index (χ3n) is 6.59. The number of fused-ring (bicyclic) bond motifs is 1. The Bertz CT molecular complexity index is 1330. The zero-order chi connectivity index (χ0) is 23.8. The van der Waals surface area contributed by atoms with E-state index in [1.54, 1.807) is 24.3 Å².